The van der Waals surface area contributed by atoms with Crippen LogP contribution < -0.4 is 24.4 Å². The van der Waals surface area contributed by atoms with Crippen LogP contribution in [0.15, 0.2) is 35.9 Å². The number of fused-ring (bicyclic) bond motifs is 1. The molecule has 0 aromatic heterocycles. The number of benzene rings is 2. The van der Waals surface area contributed by atoms with Crippen LogP contribution >= 0.6 is 23.2 Å². The molecular weight excluding hydrogens is 423 g/mol. The van der Waals surface area contributed by atoms with Gasteiger partial charge in [-0.1, -0.05) is 29.3 Å². The largest absolute Gasteiger partial charge is 0.496 e. The van der Waals surface area contributed by atoms with Gasteiger partial charge in [0, 0.05) is 11.6 Å². The lowest BCUT2D eigenvalue weighted by molar-refractivity contribution is -0.122. The van der Waals surface area contributed by atoms with Crippen molar-refractivity contribution in [2.45, 2.75) is 0 Å². The molecule has 2 aromatic rings. The summed E-state index contributed by atoms with van der Waals surface area (Å²) in [5.41, 5.74) is 0.150. The minimum atomic E-state index is -0.932. The molecule has 0 bridgehead atoms. The molecule has 0 spiro atoms. The zero-order valence-electron chi connectivity index (χ0n) is 14.8. The molecule has 1 saturated heterocycles. The second-order valence-electron chi connectivity index (χ2n) is 5.98. The first-order chi connectivity index (χ1) is 13.9. The van der Waals surface area contributed by atoms with Crippen LogP contribution in [0.3, 0.4) is 0 Å². The van der Waals surface area contributed by atoms with Gasteiger partial charge in [-0.3, -0.25) is 14.9 Å². The van der Waals surface area contributed by atoms with Gasteiger partial charge in [0.15, 0.2) is 11.5 Å². The fourth-order valence-corrected chi connectivity index (χ4v) is 3.31. The lowest BCUT2D eigenvalue weighted by Crippen LogP contribution is -2.54. The molecule has 2 aromatic carbocycles. The van der Waals surface area contributed by atoms with Gasteiger partial charge < -0.3 is 14.2 Å². The third kappa shape index (κ3) is 3.26. The molecule has 2 heterocycles. The Hall–Kier alpha value is -3.23. The summed E-state index contributed by atoms with van der Waals surface area (Å²) >= 11 is 12.1. The number of amides is 4. The van der Waals surface area contributed by atoms with Crippen molar-refractivity contribution in [2.75, 3.05) is 18.8 Å². The SMILES string of the molecule is COc1cc2c(cc1C=C1C(=O)NC(=O)N(c3cccc(Cl)c3Cl)C1=O)OCO2. The molecule has 2 aliphatic heterocycles. The minimum absolute atomic E-state index is 0.00651. The van der Waals surface area contributed by atoms with E-state index in [-0.39, 0.29) is 28.1 Å². The summed E-state index contributed by atoms with van der Waals surface area (Å²) in [7, 11) is 1.43. The van der Waals surface area contributed by atoms with Gasteiger partial charge in [0.05, 0.1) is 22.8 Å². The predicted octanol–water partition coefficient (Wildman–Crippen LogP) is 3.40. The smallest absolute Gasteiger partial charge is 0.336 e. The molecule has 1 N–H and O–H groups in total. The van der Waals surface area contributed by atoms with Crippen molar-refractivity contribution in [1.82, 2.24) is 5.32 Å². The molecule has 4 rings (SSSR count). The summed E-state index contributed by atoms with van der Waals surface area (Å²) in [6.07, 6.45) is 1.30. The van der Waals surface area contributed by atoms with Crippen LogP contribution in [0.4, 0.5) is 10.5 Å². The van der Waals surface area contributed by atoms with E-state index in [1.807, 2.05) is 0 Å². The fourth-order valence-electron chi connectivity index (χ4n) is 2.93. The highest BCUT2D eigenvalue weighted by atomic mass is 35.5. The van der Waals surface area contributed by atoms with Gasteiger partial charge in [-0.25, -0.2) is 9.69 Å². The van der Waals surface area contributed by atoms with E-state index in [0.717, 1.165) is 4.90 Å². The number of anilines is 1. The molecule has 10 heteroatoms. The van der Waals surface area contributed by atoms with Crippen LogP contribution in [0.2, 0.25) is 10.0 Å². The Labute approximate surface area is 174 Å². The van der Waals surface area contributed by atoms with E-state index in [1.54, 1.807) is 12.1 Å². The van der Waals surface area contributed by atoms with Crippen LogP contribution in [-0.2, 0) is 9.59 Å². The van der Waals surface area contributed by atoms with Crippen LogP contribution in [0.1, 0.15) is 5.56 Å². The number of nitrogens with one attached hydrogen (secondary N) is 1. The van der Waals surface area contributed by atoms with Crippen molar-refractivity contribution in [3.05, 3.63) is 51.5 Å². The first kappa shape index (κ1) is 19.1. The predicted molar refractivity (Wildman–Crippen MR) is 105 cm³/mol. The number of carbonyl (C=O) groups is 3. The number of hydrogen-bond acceptors (Lipinski definition) is 6. The van der Waals surface area contributed by atoms with Crippen molar-refractivity contribution in [3.8, 4) is 17.2 Å². The Morgan fingerprint density at radius 3 is 2.59 bits per heavy atom. The number of carbonyl (C=O) groups excluding carboxylic acids is 3. The third-order valence-corrected chi connectivity index (χ3v) is 5.11. The molecule has 29 heavy (non-hydrogen) atoms. The van der Waals surface area contributed by atoms with Gasteiger partial charge in [-0.05, 0) is 24.3 Å². The standard InChI is InChI=1S/C19H12Cl2N2O6/c1-27-13-7-15-14(28-8-29-15)6-9(13)5-10-17(24)22-19(26)23(18(10)25)12-4-2-3-11(20)16(12)21/h2-7H,8H2,1H3,(H,22,24,26). The maximum absolute atomic E-state index is 13.0. The van der Waals surface area contributed by atoms with Crippen LogP contribution in [0, 0.1) is 0 Å². The molecule has 4 amide bonds. The monoisotopic (exact) mass is 434 g/mol. The number of hydrogen-bond donors (Lipinski definition) is 1. The highest BCUT2D eigenvalue weighted by molar-refractivity contribution is 6.46. The van der Waals surface area contributed by atoms with Crippen molar-refractivity contribution in [1.29, 1.82) is 0 Å². The van der Waals surface area contributed by atoms with Crippen LogP contribution in [0.25, 0.3) is 6.08 Å². The Morgan fingerprint density at radius 1 is 1.14 bits per heavy atom. The Balaban J connectivity index is 1.80. The highest BCUT2D eigenvalue weighted by Gasteiger charge is 2.38. The number of nitrogens with zero attached hydrogens (tertiary/aromatic N) is 1. The van der Waals surface area contributed by atoms with Gasteiger partial charge in [-0.2, -0.15) is 0 Å². The maximum Gasteiger partial charge on any atom is 0.336 e. The summed E-state index contributed by atoms with van der Waals surface area (Å²) < 4.78 is 15.9. The maximum atomic E-state index is 13.0. The lowest BCUT2D eigenvalue weighted by atomic mass is 10.1. The summed E-state index contributed by atoms with van der Waals surface area (Å²) in [5, 5.41) is 2.29. The van der Waals surface area contributed by atoms with E-state index >= 15 is 0 Å². The summed E-state index contributed by atoms with van der Waals surface area (Å²) in [5.74, 6) is -0.443. The third-order valence-electron chi connectivity index (χ3n) is 4.30. The van der Waals surface area contributed by atoms with E-state index < -0.39 is 17.8 Å². The Morgan fingerprint density at radius 2 is 1.86 bits per heavy atom. The number of imide groups is 2. The topological polar surface area (TPSA) is 94.2 Å². The molecule has 0 aliphatic carbocycles. The number of halogens is 2. The molecule has 0 unspecified atom stereocenters. The van der Waals surface area contributed by atoms with Gasteiger partial charge in [0.2, 0.25) is 6.79 Å². The number of methoxy groups -OCH3 is 1. The molecule has 148 valence electrons. The van der Waals surface area contributed by atoms with Gasteiger partial charge in [0.1, 0.15) is 11.3 Å². The first-order valence-electron chi connectivity index (χ1n) is 8.24. The van der Waals surface area contributed by atoms with E-state index in [0.29, 0.717) is 22.8 Å². The second kappa shape index (κ2) is 7.31. The van der Waals surface area contributed by atoms with Crippen molar-refractivity contribution in [2.24, 2.45) is 0 Å². The van der Waals surface area contributed by atoms with Gasteiger partial charge in [-0.15, -0.1) is 0 Å². The second-order valence-corrected chi connectivity index (χ2v) is 6.76. The average molecular weight is 435 g/mol. The molecule has 2 aliphatic rings. The molecule has 0 atom stereocenters. The fraction of sp³-hybridized carbons (Fsp3) is 0.105. The van der Waals surface area contributed by atoms with Crippen LogP contribution in [0.5, 0.6) is 17.2 Å². The summed E-state index contributed by atoms with van der Waals surface area (Å²) in [6, 6.07) is 6.71. The van der Waals surface area contributed by atoms with Crippen molar-refractivity contribution < 1.29 is 28.6 Å². The molecule has 0 saturated carbocycles. The zero-order valence-corrected chi connectivity index (χ0v) is 16.3. The average Bonchev–Trinajstić information content (AvgIpc) is 3.14. The van der Waals surface area contributed by atoms with Gasteiger partial charge >= 0.3 is 6.03 Å². The molecular formula is C19H12Cl2N2O6. The van der Waals surface area contributed by atoms with Gasteiger partial charge in [0.25, 0.3) is 11.8 Å². The quantitative estimate of drug-likeness (QED) is 0.587. The van der Waals surface area contributed by atoms with E-state index in [4.69, 9.17) is 37.4 Å². The molecule has 8 nitrogen and oxygen atoms in total. The number of urea groups is 1. The lowest BCUT2D eigenvalue weighted by Gasteiger charge is -2.27. The molecule has 0 radical (unpaired) electrons. The van der Waals surface area contributed by atoms with E-state index in [9.17, 15) is 14.4 Å². The minimum Gasteiger partial charge on any atom is -0.496 e. The van der Waals surface area contributed by atoms with Crippen molar-refractivity contribution in [3.63, 3.8) is 0 Å². The number of rotatable bonds is 3. The van der Waals surface area contributed by atoms with Crippen molar-refractivity contribution >= 4 is 52.8 Å². The zero-order chi connectivity index (χ0) is 20.7. The summed E-state index contributed by atoms with van der Waals surface area (Å²) in [6.45, 7) is 0.0491. The van der Waals surface area contributed by atoms with E-state index in [2.05, 4.69) is 5.32 Å². The molecule has 1 fully saturated rings. The highest BCUT2D eigenvalue weighted by Crippen LogP contribution is 2.39. The first-order valence-corrected chi connectivity index (χ1v) is 8.99. The number of barbiturate groups is 1. The van der Waals surface area contributed by atoms with E-state index in [1.165, 1.54) is 31.4 Å². The summed E-state index contributed by atoms with van der Waals surface area (Å²) in [4.78, 5) is 38.5. The Bertz CT molecular complexity index is 1100. The number of ether oxygens (including phenoxy) is 3. The van der Waals surface area contributed by atoms with Crippen LogP contribution in [-0.4, -0.2) is 31.7 Å². The normalized spacial score (nSPS) is 17.0. The Kier molecular flexibility index (Phi) is 4.81.